The maximum Gasteiger partial charge on any atom is 0.260 e. The van der Waals surface area contributed by atoms with Gasteiger partial charge in [0.2, 0.25) is 5.69 Å². The lowest BCUT2D eigenvalue weighted by molar-refractivity contribution is -0.612. The third kappa shape index (κ3) is 4.92. The molecule has 7 rings (SSSR count). The molecule has 3 fully saturated rings. The van der Waals surface area contributed by atoms with Gasteiger partial charge >= 0.3 is 0 Å². The van der Waals surface area contributed by atoms with Crippen LogP contribution in [0.15, 0.2) is 66.9 Å². The van der Waals surface area contributed by atoms with Crippen molar-refractivity contribution in [1.82, 2.24) is 19.4 Å². The van der Waals surface area contributed by atoms with Crippen LogP contribution in [-0.4, -0.2) is 57.0 Å². The predicted molar refractivity (Wildman–Crippen MR) is 169 cm³/mol. The number of imidazole rings is 1. The third-order valence-corrected chi connectivity index (χ3v) is 11.0. The Balaban J connectivity index is 1.07. The first-order valence-electron chi connectivity index (χ1n) is 16.1. The van der Waals surface area contributed by atoms with E-state index >= 15 is 0 Å². The fraction of sp³-hybridized carbons (Fsp3) is 0.472. The summed E-state index contributed by atoms with van der Waals surface area (Å²) in [6.07, 6.45) is 9.42. The zero-order valence-electron chi connectivity index (χ0n) is 25.7. The zero-order chi connectivity index (χ0) is 29.7. The molecule has 0 unspecified atom stereocenters. The number of rotatable bonds is 6. The van der Waals surface area contributed by atoms with Gasteiger partial charge in [0.1, 0.15) is 11.4 Å². The molecule has 2 aromatic heterocycles. The van der Waals surface area contributed by atoms with Gasteiger partial charge in [0.25, 0.3) is 5.91 Å². The molecule has 3 atom stereocenters. The van der Waals surface area contributed by atoms with Crippen molar-refractivity contribution >= 4 is 16.9 Å². The Kier molecular flexibility index (Phi) is 7.24. The summed E-state index contributed by atoms with van der Waals surface area (Å²) in [6.45, 7) is 8.35. The van der Waals surface area contributed by atoms with Crippen molar-refractivity contribution in [2.45, 2.75) is 89.3 Å². The number of para-hydroxylation sites is 2. The Bertz CT molecular complexity index is 1620. The molecule has 2 bridgehead atoms. The van der Waals surface area contributed by atoms with Gasteiger partial charge in [-0.3, -0.25) is 9.69 Å². The number of carbonyl (C=O) groups is 1. The molecule has 1 amide bonds. The van der Waals surface area contributed by atoms with E-state index in [1.165, 1.54) is 43.0 Å². The molecule has 43 heavy (non-hydrogen) atoms. The first-order valence-corrected chi connectivity index (χ1v) is 16.1. The first kappa shape index (κ1) is 28.1. The number of piperidine rings is 2. The van der Waals surface area contributed by atoms with E-state index in [2.05, 4.69) is 71.0 Å². The molecule has 5 heterocycles. The highest BCUT2D eigenvalue weighted by Gasteiger charge is 2.44. The smallest absolute Gasteiger partial charge is 0.260 e. The van der Waals surface area contributed by atoms with Crippen molar-refractivity contribution < 1.29 is 9.52 Å². The number of benzene rings is 2. The van der Waals surface area contributed by atoms with Crippen molar-refractivity contribution in [3.8, 4) is 0 Å². The van der Waals surface area contributed by atoms with Crippen LogP contribution < -0.4 is 4.73 Å². The van der Waals surface area contributed by atoms with E-state index in [0.29, 0.717) is 42.5 Å². The third-order valence-electron chi connectivity index (χ3n) is 11.0. The summed E-state index contributed by atoms with van der Waals surface area (Å²) >= 11 is 0. The molecule has 3 saturated heterocycles. The monoisotopic (exact) mass is 577 g/mol. The van der Waals surface area contributed by atoms with Gasteiger partial charge in [0.05, 0.1) is 11.0 Å². The number of likely N-dealkylation sites (tertiary alicyclic amines) is 1. The van der Waals surface area contributed by atoms with Gasteiger partial charge in [-0.2, -0.15) is 4.73 Å². The fourth-order valence-corrected chi connectivity index (χ4v) is 8.65. The number of nitrogens with zero attached hydrogens (tertiary/aromatic N) is 5. The summed E-state index contributed by atoms with van der Waals surface area (Å²) in [4.78, 5) is 23.3. The van der Waals surface area contributed by atoms with Crippen molar-refractivity contribution in [1.29, 1.82) is 0 Å². The van der Waals surface area contributed by atoms with E-state index in [1.807, 2.05) is 11.8 Å². The van der Waals surface area contributed by atoms with E-state index in [0.717, 1.165) is 47.4 Å². The molecule has 7 heteroatoms. The predicted octanol–water partition coefficient (Wildman–Crippen LogP) is 6.03. The quantitative estimate of drug-likeness (QED) is 0.207. The zero-order valence-corrected chi connectivity index (χ0v) is 25.7. The Morgan fingerprint density at radius 2 is 1.60 bits per heavy atom. The van der Waals surface area contributed by atoms with Crippen LogP contribution in [-0.2, 0) is 5.41 Å². The van der Waals surface area contributed by atoms with Crippen molar-refractivity contribution in [2.75, 3.05) is 19.6 Å². The molecule has 0 aliphatic carbocycles. The van der Waals surface area contributed by atoms with Crippen LogP contribution in [0.2, 0.25) is 0 Å². The molecule has 0 radical (unpaired) electrons. The number of aryl methyl sites for hydroxylation is 2. The van der Waals surface area contributed by atoms with Gasteiger partial charge in [0.15, 0.2) is 6.20 Å². The van der Waals surface area contributed by atoms with Crippen LogP contribution in [0, 0.1) is 26.0 Å². The average Bonchev–Trinajstić information content (AvgIpc) is 3.49. The van der Waals surface area contributed by atoms with Gasteiger partial charge in [-0.05, 0) is 94.0 Å². The second kappa shape index (κ2) is 11.1. The van der Waals surface area contributed by atoms with E-state index in [4.69, 9.17) is 4.98 Å². The standard InChI is InChI=1S/C36H43N5O2/c1-25-15-19-40(43)26(2)34(25)35(42)38-20-16-36(17-21-38,28-9-5-4-6-10-28)18-22-39-29-13-14-30(39)24-31(23-29)41-27(3)37-32-11-7-8-12-33(32)41/h4-12,15,19,29-31H,13-14,16-18,20-24H2,1-3H3/t29-,30+,31+. The number of amides is 1. The second-order valence-corrected chi connectivity index (χ2v) is 13.2. The lowest BCUT2D eigenvalue weighted by Gasteiger charge is -2.45. The van der Waals surface area contributed by atoms with E-state index < -0.39 is 0 Å². The van der Waals surface area contributed by atoms with Crippen LogP contribution in [0.3, 0.4) is 0 Å². The van der Waals surface area contributed by atoms with Crippen molar-refractivity contribution in [3.63, 3.8) is 0 Å². The van der Waals surface area contributed by atoms with Crippen LogP contribution in [0.25, 0.3) is 11.0 Å². The highest BCUT2D eigenvalue weighted by molar-refractivity contribution is 5.96. The lowest BCUT2D eigenvalue weighted by Crippen LogP contribution is -2.49. The molecule has 7 nitrogen and oxygen atoms in total. The topological polar surface area (TPSA) is 68.3 Å². The molecule has 2 aromatic carbocycles. The SMILES string of the molecule is Cc1cc[n+]([O-])c(C)c1C(=O)N1CCC(CCN2[C@@H]3CC[C@H]2C[C@@H](n2c(C)nc4ccccc42)C3)(c2ccccc2)CC1. The van der Waals surface area contributed by atoms with Crippen LogP contribution >= 0.6 is 0 Å². The number of aromatic nitrogens is 3. The minimum atomic E-state index is -0.00991. The molecule has 0 N–H and O–H groups in total. The van der Waals surface area contributed by atoms with Gasteiger partial charge in [0, 0.05) is 44.2 Å². The van der Waals surface area contributed by atoms with Gasteiger partial charge in [-0.1, -0.05) is 42.5 Å². The van der Waals surface area contributed by atoms with Crippen molar-refractivity contribution in [2.24, 2.45) is 0 Å². The summed E-state index contributed by atoms with van der Waals surface area (Å²) in [7, 11) is 0. The Morgan fingerprint density at radius 3 is 2.33 bits per heavy atom. The summed E-state index contributed by atoms with van der Waals surface area (Å²) in [5, 5.41) is 12.3. The average molecular weight is 578 g/mol. The maximum atomic E-state index is 13.6. The highest BCUT2D eigenvalue weighted by Crippen LogP contribution is 2.45. The number of hydrogen-bond acceptors (Lipinski definition) is 4. The number of carbonyl (C=O) groups excluding carboxylic acids is 1. The van der Waals surface area contributed by atoms with Gasteiger partial charge < -0.3 is 14.7 Å². The number of pyridine rings is 1. The number of hydrogen-bond donors (Lipinski definition) is 0. The molecule has 3 aliphatic heterocycles. The summed E-state index contributed by atoms with van der Waals surface area (Å²) in [5.41, 5.74) is 5.74. The molecular formula is C36H43N5O2. The highest BCUT2D eigenvalue weighted by atomic mass is 16.5. The fourth-order valence-electron chi connectivity index (χ4n) is 8.65. The van der Waals surface area contributed by atoms with E-state index in [9.17, 15) is 10.0 Å². The minimum absolute atomic E-state index is 0.00991. The molecule has 0 saturated carbocycles. The van der Waals surface area contributed by atoms with Crippen LogP contribution in [0.4, 0.5) is 0 Å². The van der Waals surface area contributed by atoms with E-state index in [1.54, 1.807) is 13.0 Å². The second-order valence-electron chi connectivity index (χ2n) is 13.2. The van der Waals surface area contributed by atoms with Crippen LogP contribution in [0.1, 0.15) is 84.0 Å². The van der Waals surface area contributed by atoms with Crippen LogP contribution in [0.5, 0.6) is 0 Å². The Morgan fingerprint density at radius 1 is 0.930 bits per heavy atom. The minimum Gasteiger partial charge on any atom is -0.618 e. The van der Waals surface area contributed by atoms with Gasteiger partial charge in [-0.25, -0.2) is 4.98 Å². The maximum absolute atomic E-state index is 13.6. The Labute approximate surface area is 254 Å². The lowest BCUT2D eigenvalue weighted by atomic mass is 9.70. The molecule has 3 aliphatic rings. The largest absolute Gasteiger partial charge is 0.618 e. The summed E-state index contributed by atoms with van der Waals surface area (Å²) in [5.74, 6) is 1.12. The molecular weight excluding hydrogens is 534 g/mol. The molecule has 4 aromatic rings. The van der Waals surface area contributed by atoms with Gasteiger partial charge in [-0.15, -0.1) is 0 Å². The normalized spacial score (nSPS) is 23.6. The number of fused-ring (bicyclic) bond motifs is 3. The Hall–Kier alpha value is -3.71. The molecule has 0 spiro atoms. The first-order chi connectivity index (χ1) is 20.8. The molecule has 224 valence electrons. The van der Waals surface area contributed by atoms with Crippen molar-refractivity contribution in [3.05, 3.63) is 100 Å². The summed E-state index contributed by atoms with van der Waals surface area (Å²) in [6, 6.07) is 23.1. The summed E-state index contributed by atoms with van der Waals surface area (Å²) < 4.78 is 3.33. The van der Waals surface area contributed by atoms with E-state index in [-0.39, 0.29) is 11.3 Å².